The first kappa shape index (κ1) is 19.2. The van der Waals surface area contributed by atoms with Crippen LogP contribution in [0.1, 0.15) is 22.3 Å². The second kappa shape index (κ2) is 9.92. The summed E-state index contributed by atoms with van der Waals surface area (Å²) < 4.78 is 10.7. The number of rotatable bonds is 8. The minimum absolute atomic E-state index is 0.157. The van der Waals surface area contributed by atoms with Crippen LogP contribution in [0.2, 0.25) is 0 Å². The number of carbonyl (C=O) groups excluding carboxylic acids is 2. The van der Waals surface area contributed by atoms with Gasteiger partial charge in [-0.2, -0.15) is 0 Å². The normalized spacial score (nSPS) is 10.1. The molecule has 0 aliphatic carbocycles. The Kier molecular flexibility index (Phi) is 6.79. The topological polar surface area (TPSA) is 64.6 Å². The van der Waals surface area contributed by atoms with Gasteiger partial charge in [-0.1, -0.05) is 48.5 Å². The van der Waals surface area contributed by atoms with Gasteiger partial charge in [0.2, 0.25) is 0 Å². The van der Waals surface area contributed by atoms with Crippen LogP contribution in [0.25, 0.3) is 0 Å². The predicted octanol–water partition coefficient (Wildman–Crippen LogP) is 4.45. The standard InChI is InChI=1S/C23H21NO4/c25-22(15-16-27-21-9-5-2-6-10-21)28-17-18-11-13-19(14-12-18)23(26)24-20-7-3-1-4-8-20/h1-14H,15-17H2,(H,24,26). The van der Waals surface area contributed by atoms with Gasteiger partial charge < -0.3 is 14.8 Å². The number of nitrogens with one attached hydrogen (secondary N) is 1. The van der Waals surface area contributed by atoms with Crippen molar-refractivity contribution in [3.05, 3.63) is 96.1 Å². The number of esters is 1. The molecule has 5 nitrogen and oxygen atoms in total. The average molecular weight is 375 g/mol. The summed E-state index contributed by atoms with van der Waals surface area (Å²) in [6.45, 7) is 0.423. The average Bonchev–Trinajstić information content (AvgIpc) is 2.74. The van der Waals surface area contributed by atoms with Crippen LogP contribution in [0.3, 0.4) is 0 Å². The van der Waals surface area contributed by atoms with Gasteiger partial charge in [-0.15, -0.1) is 0 Å². The van der Waals surface area contributed by atoms with E-state index in [1.807, 2.05) is 60.7 Å². The summed E-state index contributed by atoms with van der Waals surface area (Å²) in [4.78, 5) is 24.0. The van der Waals surface area contributed by atoms with Crippen LogP contribution in [-0.4, -0.2) is 18.5 Å². The van der Waals surface area contributed by atoms with Gasteiger partial charge in [0.1, 0.15) is 12.4 Å². The number of ether oxygens (including phenoxy) is 2. The SMILES string of the molecule is O=C(CCOc1ccccc1)OCc1ccc(C(=O)Nc2ccccc2)cc1. The Balaban J connectivity index is 1.41. The number of hydrogen-bond donors (Lipinski definition) is 1. The van der Waals surface area contributed by atoms with Gasteiger partial charge in [0.25, 0.3) is 5.91 Å². The van der Waals surface area contributed by atoms with Crippen LogP contribution in [0.4, 0.5) is 5.69 Å². The molecule has 5 heteroatoms. The summed E-state index contributed by atoms with van der Waals surface area (Å²) in [6, 6.07) is 25.5. The molecule has 0 heterocycles. The Labute approximate surface area is 163 Å². The zero-order valence-electron chi connectivity index (χ0n) is 15.3. The van der Waals surface area contributed by atoms with Gasteiger partial charge in [0.05, 0.1) is 13.0 Å². The van der Waals surface area contributed by atoms with E-state index in [2.05, 4.69) is 5.32 Å². The maximum Gasteiger partial charge on any atom is 0.309 e. The number of anilines is 1. The number of carbonyl (C=O) groups is 2. The molecule has 142 valence electrons. The molecule has 0 unspecified atom stereocenters. The van der Waals surface area contributed by atoms with Crippen molar-refractivity contribution in [1.82, 2.24) is 0 Å². The van der Waals surface area contributed by atoms with E-state index in [9.17, 15) is 9.59 Å². The van der Waals surface area contributed by atoms with E-state index in [1.165, 1.54) is 0 Å². The summed E-state index contributed by atoms with van der Waals surface area (Å²) in [7, 11) is 0. The van der Waals surface area contributed by atoms with Gasteiger partial charge in [0.15, 0.2) is 0 Å². The van der Waals surface area contributed by atoms with Gasteiger partial charge in [-0.3, -0.25) is 9.59 Å². The lowest BCUT2D eigenvalue weighted by molar-refractivity contribution is -0.145. The first-order valence-electron chi connectivity index (χ1n) is 8.99. The van der Waals surface area contributed by atoms with Crippen LogP contribution in [0, 0.1) is 0 Å². The van der Waals surface area contributed by atoms with Crippen molar-refractivity contribution in [1.29, 1.82) is 0 Å². The Morgan fingerprint density at radius 3 is 2.11 bits per heavy atom. The first-order chi connectivity index (χ1) is 13.7. The Morgan fingerprint density at radius 1 is 0.786 bits per heavy atom. The van der Waals surface area contributed by atoms with Crippen LogP contribution in [-0.2, 0) is 16.1 Å². The van der Waals surface area contributed by atoms with E-state index >= 15 is 0 Å². The Hall–Kier alpha value is -3.60. The van der Waals surface area contributed by atoms with Gasteiger partial charge in [0, 0.05) is 11.3 Å². The zero-order valence-corrected chi connectivity index (χ0v) is 15.3. The second-order valence-electron chi connectivity index (χ2n) is 6.09. The van der Waals surface area contributed by atoms with Crippen LogP contribution < -0.4 is 10.1 Å². The molecule has 0 saturated carbocycles. The summed E-state index contributed by atoms with van der Waals surface area (Å²) in [5, 5.41) is 2.83. The van der Waals surface area contributed by atoms with Crippen molar-refractivity contribution in [2.45, 2.75) is 13.0 Å². The summed E-state index contributed by atoms with van der Waals surface area (Å²) in [5.41, 5.74) is 2.09. The smallest absolute Gasteiger partial charge is 0.309 e. The highest BCUT2D eigenvalue weighted by atomic mass is 16.5. The maximum absolute atomic E-state index is 12.2. The molecule has 0 aliphatic heterocycles. The molecule has 0 aliphatic rings. The lowest BCUT2D eigenvalue weighted by atomic mass is 10.1. The first-order valence-corrected chi connectivity index (χ1v) is 8.99. The second-order valence-corrected chi connectivity index (χ2v) is 6.09. The quantitative estimate of drug-likeness (QED) is 0.591. The fourth-order valence-corrected chi connectivity index (χ4v) is 2.48. The highest BCUT2D eigenvalue weighted by molar-refractivity contribution is 6.04. The molecular weight excluding hydrogens is 354 g/mol. The zero-order chi connectivity index (χ0) is 19.6. The molecule has 0 fully saturated rings. The van der Waals surface area contributed by atoms with Crippen LogP contribution >= 0.6 is 0 Å². The maximum atomic E-state index is 12.2. The minimum Gasteiger partial charge on any atom is -0.493 e. The van der Waals surface area contributed by atoms with Gasteiger partial charge in [-0.05, 0) is 42.0 Å². The summed E-state index contributed by atoms with van der Waals surface area (Å²) in [6.07, 6.45) is 0.173. The van der Waals surface area contributed by atoms with E-state index in [4.69, 9.17) is 9.47 Å². The highest BCUT2D eigenvalue weighted by Gasteiger charge is 2.07. The molecule has 3 aromatic rings. The van der Waals surface area contributed by atoms with E-state index in [0.29, 0.717) is 5.56 Å². The third-order valence-corrected chi connectivity index (χ3v) is 3.97. The molecule has 0 aromatic heterocycles. The summed E-state index contributed by atoms with van der Waals surface area (Å²) in [5.74, 6) is 0.203. The number of benzene rings is 3. The molecule has 0 radical (unpaired) electrons. The summed E-state index contributed by atoms with van der Waals surface area (Å²) >= 11 is 0. The third-order valence-electron chi connectivity index (χ3n) is 3.97. The molecule has 1 N–H and O–H groups in total. The van der Waals surface area contributed by atoms with Crippen molar-refractivity contribution in [3.8, 4) is 5.75 Å². The molecule has 1 amide bonds. The van der Waals surface area contributed by atoms with E-state index in [-0.39, 0.29) is 31.5 Å². The predicted molar refractivity (Wildman–Crippen MR) is 107 cm³/mol. The fourth-order valence-electron chi connectivity index (χ4n) is 2.48. The van der Waals surface area contributed by atoms with Gasteiger partial charge >= 0.3 is 5.97 Å². The Bertz CT molecular complexity index is 893. The molecule has 0 saturated heterocycles. The van der Waals surface area contributed by atoms with Crippen LogP contribution in [0.5, 0.6) is 5.75 Å². The van der Waals surface area contributed by atoms with Crippen molar-refractivity contribution in [2.24, 2.45) is 0 Å². The highest BCUT2D eigenvalue weighted by Crippen LogP contribution is 2.11. The van der Waals surface area contributed by atoms with E-state index < -0.39 is 0 Å². The van der Waals surface area contributed by atoms with Crippen molar-refractivity contribution in [3.63, 3.8) is 0 Å². The molecular formula is C23H21NO4. The third kappa shape index (κ3) is 5.99. The van der Waals surface area contributed by atoms with Crippen molar-refractivity contribution in [2.75, 3.05) is 11.9 Å². The number of hydrogen-bond acceptors (Lipinski definition) is 4. The molecule has 3 rings (SSSR count). The van der Waals surface area contributed by atoms with E-state index in [0.717, 1.165) is 17.0 Å². The van der Waals surface area contributed by atoms with Gasteiger partial charge in [-0.25, -0.2) is 0 Å². The molecule has 3 aromatic carbocycles. The monoisotopic (exact) mass is 375 g/mol. The van der Waals surface area contributed by atoms with Crippen molar-refractivity contribution >= 4 is 17.6 Å². The fraction of sp³-hybridized carbons (Fsp3) is 0.130. The lowest BCUT2D eigenvalue weighted by Crippen LogP contribution is -2.12. The number of para-hydroxylation sites is 2. The minimum atomic E-state index is -0.332. The van der Waals surface area contributed by atoms with Crippen LogP contribution in [0.15, 0.2) is 84.9 Å². The molecule has 0 spiro atoms. The lowest BCUT2D eigenvalue weighted by Gasteiger charge is -2.08. The number of amides is 1. The van der Waals surface area contributed by atoms with E-state index in [1.54, 1.807) is 24.3 Å². The molecule has 0 atom stereocenters. The molecule has 28 heavy (non-hydrogen) atoms. The van der Waals surface area contributed by atoms with Crippen molar-refractivity contribution < 1.29 is 19.1 Å². The Morgan fingerprint density at radius 2 is 1.43 bits per heavy atom. The molecule has 0 bridgehead atoms. The largest absolute Gasteiger partial charge is 0.493 e.